The fraction of sp³-hybridized carbons (Fsp3) is 0.0800. The zero-order valence-electron chi connectivity index (χ0n) is 17.7. The highest BCUT2D eigenvalue weighted by molar-refractivity contribution is 6.03. The molecule has 164 valence electrons. The van der Waals surface area contributed by atoms with E-state index < -0.39 is 10.9 Å². The first-order chi connectivity index (χ1) is 16.1. The van der Waals surface area contributed by atoms with Gasteiger partial charge in [-0.3, -0.25) is 10.1 Å². The maximum absolute atomic E-state index is 13.1. The lowest BCUT2D eigenvalue weighted by Gasteiger charge is -2.16. The second kappa shape index (κ2) is 9.69. The van der Waals surface area contributed by atoms with Crippen LogP contribution >= 0.6 is 0 Å². The van der Waals surface area contributed by atoms with Gasteiger partial charge >= 0.3 is 5.97 Å². The summed E-state index contributed by atoms with van der Waals surface area (Å²) in [6, 6.07) is 24.2. The van der Waals surface area contributed by atoms with Gasteiger partial charge in [-0.15, -0.1) is 10.2 Å². The number of carbonyl (C=O) groups excluding carboxylic acids is 1. The van der Waals surface area contributed by atoms with Crippen LogP contribution in [0.15, 0.2) is 84.9 Å². The summed E-state index contributed by atoms with van der Waals surface area (Å²) in [7, 11) is 0. The van der Waals surface area contributed by atoms with Crippen molar-refractivity contribution in [3.05, 3.63) is 101 Å². The van der Waals surface area contributed by atoms with Crippen LogP contribution < -0.4 is 4.74 Å². The van der Waals surface area contributed by atoms with Crippen LogP contribution in [0.3, 0.4) is 0 Å². The van der Waals surface area contributed by atoms with Gasteiger partial charge in [-0.1, -0.05) is 60.7 Å². The number of non-ortho nitro benzene ring substituents is 1. The van der Waals surface area contributed by atoms with E-state index in [2.05, 4.69) is 10.2 Å². The molecular weight excluding hydrogens is 422 g/mol. The smallest absolute Gasteiger partial charge is 0.344 e. The number of carbonyl (C=O) groups is 1. The van der Waals surface area contributed by atoms with Gasteiger partial charge in [0.05, 0.1) is 11.5 Å². The quantitative estimate of drug-likeness (QED) is 0.206. The number of nitro groups is 1. The van der Waals surface area contributed by atoms with Crippen molar-refractivity contribution >= 4 is 11.7 Å². The maximum atomic E-state index is 13.1. The number of nitro benzene ring substituents is 1. The molecule has 0 aliphatic heterocycles. The van der Waals surface area contributed by atoms with Crippen LogP contribution in [-0.2, 0) is 4.74 Å². The van der Waals surface area contributed by atoms with Crippen molar-refractivity contribution in [3.63, 3.8) is 0 Å². The Morgan fingerprint density at radius 1 is 0.879 bits per heavy atom. The van der Waals surface area contributed by atoms with Crippen molar-refractivity contribution in [2.45, 2.75) is 6.92 Å². The first-order valence-corrected chi connectivity index (χ1v) is 10.2. The second-order valence-corrected chi connectivity index (χ2v) is 6.91. The Morgan fingerprint density at radius 3 is 2.06 bits per heavy atom. The topological polar surface area (TPSA) is 104 Å². The summed E-state index contributed by atoms with van der Waals surface area (Å²) in [5.41, 5.74) is 2.57. The van der Waals surface area contributed by atoms with Crippen molar-refractivity contribution in [2.75, 3.05) is 6.61 Å². The average Bonchev–Trinajstić information content (AvgIpc) is 2.85. The third kappa shape index (κ3) is 4.69. The van der Waals surface area contributed by atoms with E-state index in [0.717, 1.165) is 11.1 Å². The average molecular weight is 441 g/mol. The van der Waals surface area contributed by atoms with E-state index in [0.29, 0.717) is 11.3 Å². The Balaban J connectivity index is 1.91. The van der Waals surface area contributed by atoms with Crippen molar-refractivity contribution in [1.82, 2.24) is 10.2 Å². The van der Waals surface area contributed by atoms with Gasteiger partial charge < -0.3 is 9.47 Å². The summed E-state index contributed by atoms with van der Waals surface area (Å²) < 4.78 is 11.2. The van der Waals surface area contributed by atoms with Crippen LogP contribution in [0.4, 0.5) is 5.69 Å². The molecule has 0 unspecified atom stereocenters. The Morgan fingerprint density at radius 2 is 1.48 bits per heavy atom. The molecule has 0 bridgehead atoms. The third-order valence-corrected chi connectivity index (χ3v) is 4.79. The minimum absolute atomic E-state index is 0.0548. The Bertz CT molecular complexity index is 1280. The molecule has 0 aliphatic rings. The summed E-state index contributed by atoms with van der Waals surface area (Å²) in [5, 5.41) is 19.5. The van der Waals surface area contributed by atoms with Gasteiger partial charge in [-0.2, -0.15) is 0 Å². The fourth-order valence-electron chi connectivity index (χ4n) is 3.32. The zero-order valence-corrected chi connectivity index (χ0v) is 17.7. The van der Waals surface area contributed by atoms with E-state index in [1.807, 2.05) is 60.7 Å². The van der Waals surface area contributed by atoms with Crippen LogP contribution in [0.5, 0.6) is 11.6 Å². The summed E-state index contributed by atoms with van der Waals surface area (Å²) >= 11 is 0. The molecule has 0 saturated heterocycles. The lowest BCUT2D eigenvalue weighted by atomic mass is 9.95. The number of aromatic nitrogens is 2. The molecule has 0 atom stereocenters. The molecule has 3 aromatic carbocycles. The largest absolute Gasteiger partial charge is 0.462 e. The van der Waals surface area contributed by atoms with E-state index in [1.54, 1.807) is 6.92 Å². The molecule has 0 saturated carbocycles. The van der Waals surface area contributed by atoms with Crippen LogP contribution in [0.1, 0.15) is 17.3 Å². The molecule has 33 heavy (non-hydrogen) atoms. The molecule has 1 heterocycles. The van der Waals surface area contributed by atoms with Gasteiger partial charge in [-0.05, 0) is 24.6 Å². The van der Waals surface area contributed by atoms with Crippen molar-refractivity contribution in [1.29, 1.82) is 0 Å². The van der Waals surface area contributed by atoms with Crippen LogP contribution in [0.2, 0.25) is 0 Å². The van der Waals surface area contributed by atoms with E-state index in [4.69, 9.17) is 9.47 Å². The van der Waals surface area contributed by atoms with Gasteiger partial charge in [0.25, 0.3) is 11.6 Å². The molecule has 4 rings (SSSR count). The van der Waals surface area contributed by atoms with Gasteiger partial charge in [0.2, 0.25) is 0 Å². The third-order valence-electron chi connectivity index (χ3n) is 4.79. The predicted octanol–water partition coefficient (Wildman–Crippen LogP) is 5.69. The maximum Gasteiger partial charge on any atom is 0.344 e. The van der Waals surface area contributed by atoms with E-state index >= 15 is 0 Å². The van der Waals surface area contributed by atoms with E-state index in [9.17, 15) is 14.9 Å². The van der Waals surface area contributed by atoms with Crippen LogP contribution in [-0.4, -0.2) is 27.7 Å². The molecule has 0 radical (unpaired) electrons. The molecule has 0 aliphatic carbocycles. The SMILES string of the molecule is CCOC(=O)c1c(Oc2ccc([N+](=O)[O-])cc2)nnc(-c2ccccc2)c1-c1ccccc1. The lowest BCUT2D eigenvalue weighted by Crippen LogP contribution is -2.12. The number of hydrogen-bond acceptors (Lipinski definition) is 7. The van der Waals surface area contributed by atoms with Crippen molar-refractivity contribution in [2.24, 2.45) is 0 Å². The standard InChI is InChI=1S/C25H19N3O5/c1-2-32-25(29)22-21(17-9-5-3-6-10-17)23(18-11-7-4-8-12-18)26-27-24(22)33-20-15-13-19(14-16-20)28(30)31/h3-16H,2H2,1H3. The van der Waals surface area contributed by atoms with E-state index in [-0.39, 0.29) is 29.5 Å². The summed E-state index contributed by atoms with van der Waals surface area (Å²) in [6.45, 7) is 1.87. The second-order valence-electron chi connectivity index (χ2n) is 6.91. The summed E-state index contributed by atoms with van der Waals surface area (Å²) in [6.07, 6.45) is 0. The Hall–Kier alpha value is -4.59. The highest BCUT2D eigenvalue weighted by Crippen LogP contribution is 2.38. The first kappa shape index (κ1) is 21.6. The van der Waals surface area contributed by atoms with E-state index in [1.165, 1.54) is 24.3 Å². The van der Waals surface area contributed by atoms with Gasteiger partial charge in [-0.25, -0.2) is 4.79 Å². The number of rotatable bonds is 7. The predicted molar refractivity (Wildman–Crippen MR) is 122 cm³/mol. The van der Waals surface area contributed by atoms with Gasteiger partial charge in [0.1, 0.15) is 17.0 Å². The minimum Gasteiger partial charge on any atom is -0.462 e. The summed E-state index contributed by atoms with van der Waals surface area (Å²) in [4.78, 5) is 23.6. The van der Waals surface area contributed by atoms with Crippen molar-refractivity contribution < 1.29 is 19.2 Å². The highest BCUT2D eigenvalue weighted by Gasteiger charge is 2.27. The number of esters is 1. The molecule has 8 heteroatoms. The minimum atomic E-state index is -0.611. The molecule has 0 fully saturated rings. The Labute approximate surface area is 189 Å². The van der Waals surface area contributed by atoms with Gasteiger partial charge in [0.15, 0.2) is 0 Å². The van der Waals surface area contributed by atoms with Gasteiger partial charge in [0, 0.05) is 23.3 Å². The number of ether oxygens (including phenoxy) is 2. The highest BCUT2D eigenvalue weighted by atomic mass is 16.6. The molecule has 1 aromatic heterocycles. The number of benzene rings is 3. The molecule has 4 aromatic rings. The fourth-order valence-corrected chi connectivity index (χ4v) is 3.32. The molecular formula is C25H19N3O5. The molecule has 8 nitrogen and oxygen atoms in total. The van der Waals surface area contributed by atoms with Crippen LogP contribution in [0.25, 0.3) is 22.4 Å². The first-order valence-electron chi connectivity index (χ1n) is 10.2. The number of nitrogens with zero attached hydrogens (tertiary/aromatic N) is 3. The lowest BCUT2D eigenvalue weighted by molar-refractivity contribution is -0.384. The normalized spacial score (nSPS) is 10.5. The molecule has 0 N–H and O–H groups in total. The van der Waals surface area contributed by atoms with Crippen LogP contribution in [0, 0.1) is 10.1 Å². The Kier molecular flexibility index (Phi) is 6.36. The monoisotopic (exact) mass is 441 g/mol. The molecule has 0 spiro atoms. The van der Waals surface area contributed by atoms with Crippen molar-refractivity contribution in [3.8, 4) is 34.0 Å². The molecule has 0 amide bonds. The summed E-state index contributed by atoms with van der Waals surface area (Å²) in [5.74, 6) is -0.395. The zero-order chi connectivity index (χ0) is 23.2. The number of hydrogen-bond donors (Lipinski definition) is 0.